The normalized spacial score (nSPS) is 10.1. The van der Waals surface area contributed by atoms with E-state index in [-0.39, 0.29) is 10.8 Å². The largest absolute Gasteiger partial charge is 0.408 e. The van der Waals surface area contributed by atoms with Gasteiger partial charge in [-0.15, -0.1) is 0 Å². The summed E-state index contributed by atoms with van der Waals surface area (Å²) in [7, 11) is 0. The lowest BCUT2D eigenvalue weighted by atomic mass is 10.3. The molecule has 0 saturated carbocycles. The molecule has 0 fully saturated rings. The Morgan fingerprint density at radius 1 is 1.86 bits per heavy atom. The van der Waals surface area contributed by atoms with Crippen LogP contribution in [0.2, 0.25) is 5.02 Å². The van der Waals surface area contributed by atoms with Crippen LogP contribution >= 0.6 is 24.2 Å². The van der Waals surface area contributed by atoms with Crippen LogP contribution < -0.4 is 0 Å². The minimum atomic E-state index is -0.623. The molecule has 1 aromatic rings. The Bertz CT molecular complexity index is 377. The van der Waals surface area contributed by atoms with Crippen molar-refractivity contribution < 1.29 is 4.92 Å². The Hall–Kier alpha value is -1.01. The van der Waals surface area contributed by atoms with Crippen LogP contribution in [0.4, 0.5) is 5.82 Å². The number of nitrogens with zero attached hydrogens (tertiary/aromatic N) is 3. The van der Waals surface area contributed by atoms with Gasteiger partial charge < -0.3 is 10.1 Å². The van der Waals surface area contributed by atoms with Crippen molar-refractivity contribution in [1.29, 1.82) is 0 Å². The zero-order chi connectivity index (χ0) is 10.7. The summed E-state index contributed by atoms with van der Waals surface area (Å²) in [5.41, 5.74) is 0.808. The molecule has 1 heterocycles. The van der Waals surface area contributed by atoms with Crippen LogP contribution in [0.25, 0.3) is 0 Å². The lowest BCUT2D eigenvalue weighted by molar-refractivity contribution is -0.389. The molecule has 0 amide bonds. The summed E-state index contributed by atoms with van der Waals surface area (Å²) in [6.45, 7) is 4.09. The Kier molecular flexibility index (Phi) is 3.54. The highest BCUT2D eigenvalue weighted by molar-refractivity contribution is 7.80. The highest BCUT2D eigenvalue weighted by Crippen LogP contribution is 2.21. The minimum absolute atomic E-state index is 0.0296. The number of nitro groups is 1. The molecule has 5 nitrogen and oxygen atoms in total. The third kappa shape index (κ3) is 2.49. The summed E-state index contributed by atoms with van der Waals surface area (Å²) in [4.78, 5) is 9.78. The van der Waals surface area contributed by atoms with Gasteiger partial charge in [0, 0.05) is 5.75 Å². The van der Waals surface area contributed by atoms with Gasteiger partial charge in [0.2, 0.25) is 0 Å². The van der Waals surface area contributed by atoms with E-state index in [1.807, 2.05) is 0 Å². The van der Waals surface area contributed by atoms with Crippen molar-refractivity contribution in [3.63, 3.8) is 0 Å². The summed E-state index contributed by atoms with van der Waals surface area (Å²) in [6.07, 6.45) is 1.40. The van der Waals surface area contributed by atoms with Crippen LogP contribution in [-0.2, 0) is 6.54 Å². The smallest absolute Gasteiger partial charge is 0.358 e. The van der Waals surface area contributed by atoms with Gasteiger partial charge >= 0.3 is 5.82 Å². The van der Waals surface area contributed by atoms with E-state index in [2.05, 4.69) is 24.3 Å². The molecule has 0 saturated heterocycles. The highest BCUT2D eigenvalue weighted by atomic mass is 35.5. The molecule has 1 aromatic heterocycles. The fraction of sp³-hybridized carbons (Fsp3) is 0.286. The number of hydrogen-bond acceptors (Lipinski definition) is 4. The van der Waals surface area contributed by atoms with Gasteiger partial charge in [-0.05, 0) is 10.5 Å². The highest BCUT2D eigenvalue weighted by Gasteiger charge is 2.18. The predicted octanol–water partition coefficient (Wildman–Crippen LogP) is 1.93. The molecule has 0 aliphatic heterocycles. The maximum atomic E-state index is 10.4. The van der Waals surface area contributed by atoms with Gasteiger partial charge in [0.25, 0.3) is 0 Å². The Morgan fingerprint density at radius 3 is 2.93 bits per heavy atom. The lowest BCUT2D eigenvalue weighted by Crippen LogP contribution is -2.02. The molecular weight excluding hydrogens is 226 g/mol. The molecule has 0 bridgehead atoms. The summed E-state index contributed by atoms with van der Waals surface area (Å²) in [6, 6.07) is 0. The molecule has 0 radical (unpaired) electrons. The zero-order valence-electron chi connectivity index (χ0n) is 7.18. The number of rotatable bonds is 4. The van der Waals surface area contributed by atoms with Crippen molar-refractivity contribution in [2.24, 2.45) is 0 Å². The van der Waals surface area contributed by atoms with Gasteiger partial charge in [-0.25, -0.2) is 0 Å². The molecule has 0 atom stereocenters. The molecular formula is C7H8ClN3O2S. The maximum Gasteiger partial charge on any atom is 0.408 e. The summed E-state index contributed by atoms with van der Waals surface area (Å²) in [5.74, 6) is 0.171. The van der Waals surface area contributed by atoms with Crippen molar-refractivity contribution in [1.82, 2.24) is 9.78 Å². The third-order valence-electron chi connectivity index (χ3n) is 1.48. The van der Waals surface area contributed by atoms with Gasteiger partial charge in [-0.1, -0.05) is 18.2 Å². The van der Waals surface area contributed by atoms with Crippen LogP contribution in [-0.4, -0.2) is 20.5 Å². The van der Waals surface area contributed by atoms with Crippen molar-refractivity contribution in [2.45, 2.75) is 6.54 Å². The third-order valence-corrected chi connectivity index (χ3v) is 2.20. The Morgan fingerprint density at radius 2 is 2.50 bits per heavy atom. The number of thiol groups is 1. The molecule has 14 heavy (non-hydrogen) atoms. The van der Waals surface area contributed by atoms with E-state index in [4.69, 9.17) is 11.6 Å². The van der Waals surface area contributed by atoms with Crippen LogP contribution in [0.5, 0.6) is 0 Å². The van der Waals surface area contributed by atoms with Crippen molar-refractivity contribution in [3.8, 4) is 0 Å². The zero-order valence-corrected chi connectivity index (χ0v) is 8.83. The molecule has 76 valence electrons. The standard InChI is InChI=1S/C7H8ClN3O2S/c1-5(4-14)2-10-3-6(8)7(9-10)11(12)13/h3,14H,1-2,4H2. The van der Waals surface area contributed by atoms with E-state index in [0.717, 1.165) is 5.57 Å². The van der Waals surface area contributed by atoms with Crippen LogP contribution in [0, 0.1) is 10.1 Å². The van der Waals surface area contributed by atoms with E-state index < -0.39 is 4.92 Å². The van der Waals surface area contributed by atoms with E-state index in [1.54, 1.807) is 0 Å². The topological polar surface area (TPSA) is 61.0 Å². The van der Waals surface area contributed by atoms with Crippen molar-refractivity contribution in [2.75, 3.05) is 5.75 Å². The first kappa shape index (κ1) is 11.1. The van der Waals surface area contributed by atoms with Crippen molar-refractivity contribution >= 4 is 30.0 Å². The fourth-order valence-electron chi connectivity index (χ4n) is 0.871. The van der Waals surface area contributed by atoms with E-state index in [9.17, 15) is 10.1 Å². The SMILES string of the molecule is C=C(CS)Cn1cc(Cl)c([N+](=O)[O-])n1. The van der Waals surface area contributed by atoms with Crippen molar-refractivity contribution in [3.05, 3.63) is 33.5 Å². The average molecular weight is 234 g/mol. The first-order chi connectivity index (χ1) is 6.54. The van der Waals surface area contributed by atoms with Gasteiger partial charge in [0.05, 0.1) is 17.8 Å². The summed E-state index contributed by atoms with van der Waals surface area (Å²) in [5, 5.41) is 14.1. The van der Waals surface area contributed by atoms with Crippen LogP contribution in [0.1, 0.15) is 0 Å². The van der Waals surface area contributed by atoms with E-state index in [1.165, 1.54) is 10.9 Å². The maximum absolute atomic E-state index is 10.4. The average Bonchev–Trinajstić information content (AvgIpc) is 2.46. The molecule has 0 N–H and O–H groups in total. The first-order valence-corrected chi connectivity index (χ1v) is 4.70. The quantitative estimate of drug-likeness (QED) is 0.374. The van der Waals surface area contributed by atoms with Gasteiger partial charge in [-0.2, -0.15) is 17.3 Å². The Balaban J connectivity index is 2.86. The second-order valence-corrected chi connectivity index (χ2v) is 3.39. The monoisotopic (exact) mass is 233 g/mol. The lowest BCUT2D eigenvalue weighted by Gasteiger charge is -1.96. The van der Waals surface area contributed by atoms with Gasteiger partial charge in [0.15, 0.2) is 5.02 Å². The minimum Gasteiger partial charge on any atom is -0.358 e. The van der Waals surface area contributed by atoms with Crippen LogP contribution in [0.15, 0.2) is 18.3 Å². The molecule has 7 heteroatoms. The number of halogens is 1. The number of hydrogen-bond donors (Lipinski definition) is 1. The van der Waals surface area contributed by atoms with Crippen LogP contribution in [0.3, 0.4) is 0 Å². The molecule has 1 rings (SSSR count). The molecule has 0 aromatic carbocycles. The molecule has 0 aliphatic carbocycles. The summed E-state index contributed by atoms with van der Waals surface area (Å²) >= 11 is 9.60. The predicted molar refractivity (Wildman–Crippen MR) is 56.9 cm³/mol. The fourth-order valence-corrected chi connectivity index (χ4v) is 1.19. The van der Waals surface area contributed by atoms with E-state index >= 15 is 0 Å². The second-order valence-electron chi connectivity index (χ2n) is 2.66. The number of aromatic nitrogens is 2. The summed E-state index contributed by atoms with van der Waals surface area (Å²) < 4.78 is 1.37. The van der Waals surface area contributed by atoms with Gasteiger partial charge in [-0.3, -0.25) is 0 Å². The first-order valence-electron chi connectivity index (χ1n) is 3.69. The second kappa shape index (κ2) is 4.47. The Labute approximate surface area is 90.9 Å². The molecule has 0 aliphatic rings. The van der Waals surface area contributed by atoms with E-state index in [0.29, 0.717) is 12.3 Å². The van der Waals surface area contributed by atoms with Gasteiger partial charge in [0.1, 0.15) is 0 Å². The molecule has 0 spiro atoms. The molecule has 0 unspecified atom stereocenters.